The third-order valence-electron chi connectivity index (χ3n) is 1.87. The lowest BCUT2D eigenvalue weighted by Gasteiger charge is -2.19. The zero-order chi connectivity index (χ0) is 8.32. The summed E-state index contributed by atoms with van der Waals surface area (Å²) in [6, 6.07) is 0. The van der Waals surface area contributed by atoms with Crippen molar-refractivity contribution in [3.8, 4) is 0 Å². The molecular formula is C7H14N2O2. The van der Waals surface area contributed by atoms with Gasteiger partial charge in [0, 0.05) is 6.54 Å². The van der Waals surface area contributed by atoms with E-state index in [1.165, 1.54) is 0 Å². The smallest absolute Gasteiger partial charge is 0.327 e. The summed E-state index contributed by atoms with van der Waals surface area (Å²) in [6.45, 7) is 3.52. The Kier molecular flexibility index (Phi) is 2.46. The maximum Gasteiger partial charge on any atom is 0.327 e. The van der Waals surface area contributed by atoms with Crippen LogP contribution in [0.4, 0.5) is 0 Å². The summed E-state index contributed by atoms with van der Waals surface area (Å²) in [4.78, 5) is 11.2. The highest BCUT2D eigenvalue weighted by Crippen LogP contribution is 2.12. The number of carbonyl (C=O) groups excluding carboxylic acids is 1. The molecule has 1 saturated heterocycles. The van der Waals surface area contributed by atoms with Crippen molar-refractivity contribution in [3.05, 3.63) is 0 Å². The van der Waals surface area contributed by atoms with E-state index in [2.05, 4.69) is 5.32 Å². The maximum atomic E-state index is 11.2. The van der Waals surface area contributed by atoms with Crippen LogP contribution in [0.1, 0.15) is 13.3 Å². The molecule has 0 aromatic heterocycles. The van der Waals surface area contributed by atoms with Crippen LogP contribution in [0.15, 0.2) is 0 Å². The van der Waals surface area contributed by atoms with Gasteiger partial charge in [-0.05, 0) is 19.9 Å². The van der Waals surface area contributed by atoms with Crippen LogP contribution in [0.5, 0.6) is 0 Å². The van der Waals surface area contributed by atoms with E-state index in [1.807, 2.05) is 0 Å². The van der Waals surface area contributed by atoms with Crippen molar-refractivity contribution in [1.82, 2.24) is 5.32 Å². The molecule has 1 fully saturated rings. The molecule has 0 bridgehead atoms. The molecule has 1 aliphatic heterocycles. The monoisotopic (exact) mass is 158 g/mol. The maximum absolute atomic E-state index is 11.2. The molecule has 1 unspecified atom stereocenters. The Labute approximate surface area is 66.1 Å². The lowest BCUT2D eigenvalue weighted by Crippen LogP contribution is -2.50. The number of carbonyl (C=O) groups is 1. The van der Waals surface area contributed by atoms with Gasteiger partial charge in [-0.1, -0.05) is 0 Å². The molecule has 3 N–H and O–H groups in total. The van der Waals surface area contributed by atoms with Crippen LogP contribution < -0.4 is 11.1 Å². The molecule has 0 spiro atoms. The summed E-state index contributed by atoms with van der Waals surface area (Å²) < 4.78 is 4.82. The van der Waals surface area contributed by atoms with Gasteiger partial charge in [-0.3, -0.25) is 4.79 Å². The second-order valence-electron chi connectivity index (χ2n) is 2.80. The Morgan fingerprint density at radius 3 is 3.00 bits per heavy atom. The number of esters is 1. The Balaban J connectivity index is 2.49. The molecule has 4 nitrogen and oxygen atoms in total. The highest BCUT2D eigenvalue weighted by atomic mass is 16.5. The van der Waals surface area contributed by atoms with Crippen LogP contribution in [0.3, 0.4) is 0 Å². The number of ether oxygens (including phenoxy) is 1. The molecular weight excluding hydrogens is 144 g/mol. The molecule has 4 heteroatoms. The highest BCUT2D eigenvalue weighted by molar-refractivity contribution is 5.81. The quantitative estimate of drug-likeness (QED) is 0.518. The molecule has 11 heavy (non-hydrogen) atoms. The number of hydrogen-bond acceptors (Lipinski definition) is 4. The highest BCUT2D eigenvalue weighted by Gasteiger charge is 2.38. The number of rotatable bonds is 2. The largest absolute Gasteiger partial charge is 0.465 e. The molecule has 1 atom stereocenters. The van der Waals surface area contributed by atoms with E-state index in [-0.39, 0.29) is 5.97 Å². The van der Waals surface area contributed by atoms with Gasteiger partial charge in [-0.15, -0.1) is 0 Å². The third kappa shape index (κ3) is 1.70. The lowest BCUT2D eigenvalue weighted by molar-refractivity contribution is -0.148. The van der Waals surface area contributed by atoms with Gasteiger partial charge in [0.1, 0.15) is 5.54 Å². The van der Waals surface area contributed by atoms with Gasteiger partial charge in [0.15, 0.2) is 0 Å². The summed E-state index contributed by atoms with van der Waals surface area (Å²) in [5.41, 5.74) is 4.98. The van der Waals surface area contributed by atoms with Crippen molar-refractivity contribution in [3.63, 3.8) is 0 Å². The minimum atomic E-state index is -0.768. The van der Waals surface area contributed by atoms with Crippen LogP contribution in [0.25, 0.3) is 0 Å². The van der Waals surface area contributed by atoms with Gasteiger partial charge in [0.25, 0.3) is 0 Å². The minimum Gasteiger partial charge on any atom is -0.465 e. The number of hydrogen-bond donors (Lipinski definition) is 2. The molecule has 0 saturated carbocycles. The van der Waals surface area contributed by atoms with E-state index in [0.717, 1.165) is 6.54 Å². The standard InChI is InChI=1S/C7H14N2O2/c1-2-11-6(10)7(8)3-4-9-5-7/h9H,2-5,8H2,1H3. The van der Waals surface area contributed by atoms with E-state index in [9.17, 15) is 4.79 Å². The molecule has 1 aliphatic rings. The van der Waals surface area contributed by atoms with Gasteiger partial charge in [-0.25, -0.2) is 0 Å². The van der Waals surface area contributed by atoms with Crippen molar-refractivity contribution >= 4 is 5.97 Å². The van der Waals surface area contributed by atoms with Crippen molar-refractivity contribution in [1.29, 1.82) is 0 Å². The molecule has 0 aromatic carbocycles. The minimum absolute atomic E-state index is 0.287. The molecule has 0 radical (unpaired) electrons. The fourth-order valence-electron chi connectivity index (χ4n) is 1.16. The zero-order valence-electron chi connectivity index (χ0n) is 6.72. The Morgan fingerprint density at radius 2 is 2.55 bits per heavy atom. The van der Waals surface area contributed by atoms with Gasteiger partial charge < -0.3 is 15.8 Å². The first-order valence-electron chi connectivity index (χ1n) is 3.86. The first kappa shape index (κ1) is 8.49. The van der Waals surface area contributed by atoms with E-state index >= 15 is 0 Å². The van der Waals surface area contributed by atoms with E-state index < -0.39 is 5.54 Å². The number of nitrogens with one attached hydrogen (secondary N) is 1. The second-order valence-corrected chi connectivity index (χ2v) is 2.80. The van der Waals surface area contributed by atoms with Crippen LogP contribution in [0.2, 0.25) is 0 Å². The zero-order valence-corrected chi connectivity index (χ0v) is 6.72. The van der Waals surface area contributed by atoms with Crippen molar-refractivity contribution in [2.24, 2.45) is 5.73 Å². The Hall–Kier alpha value is -0.610. The second kappa shape index (κ2) is 3.19. The van der Waals surface area contributed by atoms with E-state index in [1.54, 1.807) is 6.92 Å². The van der Waals surface area contributed by atoms with Crippen molar-refractivity contribution < 1.29 is 9.53 Å². The van der Waals surface area contributed by atoms with E-state index in [4.69, 9.17) is 10.5 Å². The van der Waals surface area contributed by atoms with Gasteiger partial charge in [0.05, 0.1) is 6.61 Å². The SMILES string of the molecule is CCOC(=O)C1(N)CCNC1. The van der Waals surface area contributed by atoms with Gasteiger partial charge in [0.2, 0.25) is 0 Å². The topological polar surface area (TPSA) is 64.3 Å². The van der Waals surface area contributed by atoms with Crippen molar-refractivity contribution in [2.75, 3.05) is 19.7 Å². The number of nitrogens with two attached hydrogens (primary N) is 1. The molecule has 0 aliphatic carbocycles. The molecule has 0 amide bonds. The van der Waals surface area contributed by atoms with Crippen LogP contribution in [-0.2, 0) is 9.53 Å². The Morgan fingerprint density at radius 1 is 1.82 bits per heavy atom. The van der Waals surface area contributed by atoms with Gasteiger partial charge >= 0.3 is 5.97 Å². The predicted octanol–water partition coefficient (Wildman–Crippen LogP) is -0.760. The molecule has 0 aromatic rings. The normalized spacial score (nSPS) is 30.4. The fraction of sp³-hybridized carbons (Fsp3) is 0.857. The van der Waals surface area contributed by atoms with Gasteiger partial charge in [-0.2, -0.15) is 0 Å². The Bertz CT molecular complexity index is 153. The average molecular weight is 158 g/mol. The summed E-state index contributed by atoms with van der Waals surface area (Å²) >= 11 is 0. The molecule has 1 heterocycles. The predicted molar refractivity (Wildman–Crippen MR) is 41.0 cm³/mol. The van der Waals surface area contributed by atoms with E-state index in [0.29, 0.717) is 19.6 Å². The third-order valence-corrected chi connectivity index (χ3v) is 1.87. The first-order chi connectivity index (χ1) is 5.19. The fourth-order valence-corrected chi connectivity index (χ4v) is 1.16. The molecule has 64 valence electrons. The summed E-state index contributed by atoms with van der Waals surface area (Å²) in [7, 11) is 0. The summed E-state index contributed by atoms with van der Waals surface area (Å²) in [5, 5.41) is 3.03. The van der Waals surface area contributed by atoms with Crippen molar-refractivity contribution in [2.45, 2.75) is 18.9 Å². The lowest BCUT2D eigenvalue weighted by atomic mass is 10.0. The average Bonchev–Trinajstić information content (AvgIpc) is 2.38. The summed E-state index contributed by atoms with van der Waals surface area (Å²) in [6.07, 6.45) is 0.672. The summed E-state index contributed by atoms with van der Waals surface area (Å²) in [5.74, 6) is -0.287. The van der Waals surface area contributed by atoms with Crippen LogP contribution >= 0.6 is 0 Å². The first-order valence-corrected chi connectivity index (χ1v) is 3.86. The molecule has 1 rings (SSSR count). The van der Waals surface area contributed by atoms with Crippen LogP contribution in [0, 0.1) is 0 Å². The van der Waals surface area contributed by atoms with Crippen LogP contribution in [-0.4, -0.2) is 31.2 Å².